The molecule has 0 aromatic heterocycles. The van der Waals surface area contributed by atoms with Gasteiger partial charge in [0.2, 0.25) is 0 Å². The van der Waals surface area contributed by atoms with Crippen molar-refractivity contribution < 1.29 is 0 Å². The van der Waals surface area contributed by atoms with Gasteiger partial charge in [0.1, 0.15) is 0 Å². The third kappa shape index (κ3) is 3.87. The lowest BCUT2D eigenvalue weighted by Crippen LogP contribution is -2.61. The average Bonchev–Trinajstić information content (AvgIpc) is 2.53. The minimum atomic E-state index is 0.347. The smallest absolute Gasteiger partial charge is 0.0450 e. The summed E-state index contributed by atoms with van der Waals surface area (Å²) in [6.45, 7) is 12.8. The molecule has 1 fully saturated rings. The number of nitrogens with one attached hydrogen (secondary N) is 1. The van der Waals surface area contributed by atoms with E-state index in [1.807, 2.05) is 0 Å². The summed E-state index contributed by atoms with van der Waals surface area (Å²) in [5.74, 6) is 0.779. The van der Waals surface area contributed by atoms with Gasteiger partial charge in [-0.05, 0) is 37.3 Å². The second kappa shape index (κ2) is 7.42. The SMILES string of the molecule is CCC1(CC)CNC(c2ccccc2)CN1CCC(C)C. The van der Waals surface area contributed by atoms with Crippen molar-refractivity contribution in [2.45, 2.75) is 58.5 Å². The van der Waals surface area contributed by atoms with Gasteiger partial charge in [0.25, 0.3) is 0 Å². The zero-order valence-electron chi connectivity index (χ0n) is 14.2. The third-order valence-corrected chi connectivity index (χ3v) is 5.25. The molecule has 2 nitrogen and oxygen atoms in total. The van der Waals surface area contributed by atoms with Crippen LogP contribution >= 0.6 is 0 Å². The normalized spacial score (nSPS) is 22.6. The van der Waals surface area contributed by atoms with E-state index in [2.05, 4.69) is 68.2 Å². The van der Waals surface area contributed by atoms with Crippen LogP contribution in [-0.4, -0.2) is 30.1 Å². The molecule has 2 rings (SSSR count). The van der Waals surface area contributed by atoms with E-state index in [0.29, 0.717) is 11.6 Å². The lowest BCUT2D eigenvalue weighted by Gasteiger charge is -2.50. The first-order chi connectivity index (χ1) is 10.1. The van der Waals surface area contributed by atoms with E-state index in [4.69, 9.17) is 0 Å². The molecule has 0 bridgehead atoms. The number of nitrogens with zero attached hydrogens (tertiary/aromatic N) is 1. The minimum Gasteiger partial charge on any atom is -0.307 e. The van der Waals surface area contributed by atoms with Crippen LogP contribution in [0.4, 0.5) is 0 Å². The zero-order chi connectivity index (χ0) is 15.3. The highest BCUT2D eigenvalue weighted by Crippen LogP contribution is 2.31. The molecular weight excluding hydrogens is 256 g/mol. The molecule has 0 saturated carbocycles. The van der Waals surface area contributed by atoms with Crippen molar-refractivity contribution >= 4 is 0 Å². The highest BCUT2D eigenvalue weighted by molar-refractivity contribution is 5.20. The Kier molecular flexibility index (Phi) is 5.83. The highest BCUT2D eigenvalue weighted by atomic mass is 15.3. The van der Waals surface area contributed by atoms with Crippen LogP contribution in [0.5, 0.6) is 0 Å². The quantitative estimate of drug-likeness (QED) is 0.842. The van der Waals surface area contributed by atoms with Crippen LogP contribution < -0.4 is 5.32 Å². The number of hydrogen-bond acceptors (Lipinski definition) is 2. The van der Waals surface area contributed by atoms with Gasteiger partial charge < -0.3 is 5.32 Å². The van der Waals surface area contributed by atoms with Gasteiger partial charge in [-0.3, -0.25) is 4.90 Å². The van der Waals surface area contributed by atoms with Gasteiger partial charge in [-0.1, -0.05) is 58.0 Å². The fourth-order valence-electron chi connectivity index (χ4n) is 3.50. The van der Waals surface area contributed by atoms with E-state index < -0.39 is 0 Å². The Balaban J connectivity index is 2.12. The second-order valence-corrected chi connectivity index (χ2v) is 6.90. The Morgan fingerprint density at radius 1 is 1.19 bits per heavy atom. The van der Waals surface area contributed by atoms with Gasteiger partial charge in [0.15, 0.2) is 0 Å². The van der Waals surface area contributed by atoms with Crippen LogP contribution in [0.1, 0.15) is 58.6 Å². The van der Waals surface area contributed by atoms with Crippen molar-refractivity contribution in [1.29, 1.82) is 0 Å². The maximum atomic E-state index is 3.80. The summed E-state index contributed by atoms with van der Waals surface area (Å²) in [7, 11) is 0. The van der Waals surface area contributed by atoms with Gasteiger partial charge in [-0.15, -0.1) is 0 Å². The van der Waals surface area contributed by atoms with Gasteiger partial charge in [-0.25, -0.2) is 0 Å². The average molecular weight is 288 g/mol. The van der Waals surface area contributed by atoms with E-state index >= 15 is 0 Å². The van der Waals surface area contributed by atoms with Crippen LogP contribution in [-0.2, 0) is 0 Å². The Morgan fingerprint density at radius 2 is 1.86 bits per heavy atom. The van der Waals surface area contributed by atoms with Gasteiger partial charge in [0.05, 0.1) is 0 Å². The molecular formula is C19H32N2. The molecule has 1 aromatic carbocycles. The summed E-state index contributed by atoms with van der Waals surface area (Å²) in [5, 5.41) is 3.80. The largest absolute Gasteiger partial charge is 0.307 e. The van der Waals surface area contributed by atoms with Gasteiger partial charge in [0, 0.05) is 24.7 Å². The molecule has 1 aliphatic rings. The molecule has 1 aliphatic heterocycles. The topological polar surface area (TPSA) is 15.3 Å². The standard InChI is InChI=1S/C19H32N2/c1-5-19(6-2)15-20-18(17-10-8-7-9-11-17)14-21(19)13-12-16(3)4/h7-11,16,18,20H,5-6,12-15H2,1-4H3. The van der Waals surface area contributed by atoms with Crippen molar-refractivity contribution in [3.63, 3.8) is 0 Å². The predicted molar refractivity (Wildman–Crippen MR) is 91.5 cm³/mol. The molecule has 118 valence electrons. The lowest BCUT2D eigenvalue weighted by molar-refractivity contribution is 0.0277. The zero-order valence-corrected chi connectivity index (χ0v) is 14.2. The molecule has 21 heavy (non-hydrogen) atoms. The maximum absolute atomic E-state index is 3.80. The minimum absolute atomic E-state index is 0.347. The number of piperazine rings is 1. The van der Waals surface area contributed by atoms with Crippen LogP contribution in [0.15, 0.2) is 30.3 Å². The summed E-state index contributed by atoms with van der Waals surface area (Å²) >= 11 is 0. The third-order valence-electron chi connectivity index (χ3n) is 5.25. The summed E-state index contributed by atoms with van der Waals surface area (Å²) in [4.78, 5) is 2.77. The Bertz CT molecular complexity index is 409. The van der Waals surface area contributed by atoms with E-state index in [0.717, 1.165) is 19.0 Å². The Hall–Kier alpha value is -0.860. The molecule has 0 spiro atoms. The van der Waals surface area contributed by atoms with Gasteiger partial charge in [-0.2, -0.15) is 0 Å². The van der Waals surface area contributed by atoms with E-state index in [9.17, 15) is 0 Å². The molecule has 2 heteroatoms. The van der Waals surface area contributed by atoms with E-state index in [-0.39, 0.29) is 0 Å². The van der Waals surface area contributed by atoms with Crippen molar-refractivity contribution in [2.24, 2.45) is 5.92 Å². The van der Waals surface area contributed by atoms with Crippen LogP contribution in [0.2, 0.25) is 0 Å². The van der Waals surface area contributed by atoms with Crippen molar-refractivity contribution in [2.75, 3.05) is 19.6 Å². The first kappa shape index (κ1) is 16.5. The first-order valence-corrected chi connectivity index (χ1v) is 8.64. The van der Waals surface area contributed by atoms with Crippen LogP contribution in [0.25, 0.3) is 0 Å². The number of rotatable bonds is 6. The predicted octanol–water partition coefficient (Wildman–Crippen LogP) is 4.24. The van der Waals surface area contributed by atoms with Crippen molar-refractivity contribution in [3.8, 4) is 0 Å². The molecule has 1 heterocycles. The van der Waals surface area contributed by atoms with Gasteiger partial charge >= 0.3 is 0 Å². The Morgan fingerprint density at radius 3 is 2.43 bits per heavy atom. The van der Waals surface area contributed by atoms with Crippen LogP contribution in [0, 0.1) is 5.92 Å². The molecule has 0 amide bonds. The van der Waals surface area contributed by atoms with Crippen molar-refractivity contribution in [1.82, 2.24) is 10.2 Å². The lowest BCUT2D eigenvalue weighted by atomic mass is 9.85. The maximum Gasteiger partial charge on any atom is 0.0450 e. The number of benzene rings is 1. The fourth-order valence-corrected chi connectivity index (χ4v) is 3.50. The molecule has 1 unspecified atom stereocenters. The molecule has 1 saturated heterocycles. The molecule has 0 radical (unpaired) electrons. The first-order valence-electron chi connectivity index (χ1n) is 8.64. The van der Waals surface area contributed by atoms with E-state index in [1.165, 1.54) is 31.4 Å². The molecule has 1 atom stereocenters. The monoisotopic (exact) mass is 288 g/mol. The van der Waals surface area contributed by atoms with Crippen molar-refractivity contribution in [3.05, 3.63) is 35.9 Å². The Labute approximate surface area is 130 Å². The molecule has 1 aromatic rings. The van der Waals surface area contributed by atoms with E-state index in [1.54, 1.807) is 0 Å². The fraction of sp³-hybridized carbons (Fsp3) is 0.684. The summed E-state index contributed by atoms with van der Waals surface area (Å²) < 4.78 is 0. The summed E-state index contributed by atoms with van der Waals surface area (Å²) in [5.41, 5.74) is 1.77. The summed E-state index contributed by atoms with van der Waals surface area (Å²) in [6, 6.07) is 11.4. The van der Waals surface area contributed by atoms with Crippen LogP contribution in [0.3, 0.4) is 0 Å². The summed E-state index contributed by atoms with van der Waals surface area (Å²) in [6.07, 6.45) is 3.76. The molecule has 0 aliphatic carbocycles. The molecule has 1 N–H and O–H groups in total. The second-order valence-electron chi connectivity index (χ2n) is 6.90. The highest BCUT2D eigenvalue weighted by Gasteiger charge is 2.38. The number of hydrogen-bond donors (Lipinski definition) is 1.